The number of nitrogens with zero attached hydrogens (tertiary/aromatic N) is 3. The van der Waals surface area contributed by atoms with Crippen molar-refractivity contribution in [2.45, 2.75) is 0 Å². The summed E-state index contributed by atoms with van der Waals surface area (Å²) >= 11 is 1.28. The van der Waals surface area contributed by atoms with Crippen molar-refractivity contribution in [3.63, 3.8) is 0 Å². The first kappa shape index (κ1) is 26.8. The number of hydrogen-bond acceptors (Lipinski definition) is 7. The molecule has 0 atom stereocenters. The number of anilines is 1. The number of aromatic nitrogens is 1. The van der Waals surface area contributed by atoms with E-state index in [-0.39, 0.29) is 41.4 Å². The molecule has 5 rings (SSSR count). The predicted molar refractivity (Wildman–Crippen MR) is 150 cm³/mol. The molecule has 0 spiro atoms. The summed E-state index contributed by atoms with van der Waals surface area (Å²) in [6.07, 6.45) is 0. The molecule has 0 bridgehead atoms. The quantitative estimate of drug-likeness (QED) is 0.332. The van der Waals surface area contributed by atoms with E-state index in [0.29, 0.717) is 45.9 Å². The lowest BCUT2D eigenvalue weighted by atomic mass is 9.96. The number of rotatable bonds is 5. The number of para-hydroxylation sites is 1. The average molecular weight is 546 g/mol. The molecule has 8 nitrogen and oxygen atoms in total. The van der Waals surface area contributed by atoms with Crippen LogP contribution in [0, 0.1) is 11.3 Å². The number of thiophene rings is 1. The van der Waals surface area contributed by atoms with Crippen LogP contribution in [0.3, 0.4) is 0 Å². The molecule has 3 heterocycles. The molecule has 0 aliphatic carbocycles. The van der Waals surface area contributed by atoms with E-state index in [1.54, 1.807) is 70.9 Å². The third-order valence-electron chi connectivity index (χ3n) is 6.11. The second-order valence-corrected chi connectivity index (χ2v) is 9.41. The molecule has 3 N–H and O–H groups in total. The molecule has 2 amide bonds. The summed E-state index contributed by atoms with van der Waals surface area (Å²) in [4.78, 5) is 32.8. The lowest BCUT2D eigenvalue weighted by Gasteiger charge is -2.27. The van der Waals surface area contributed by atoms with Gasteiger partial charge in [-0.3, -0.25) is 9.59 Å². The van der Waals surface area contributed by atoms with Crippen molar-refractivity contribution in [1.29, 1.82) is 5.26 Å². The number of benzene rings is 2. The van der Waals surface area contributed by atoms with Crippen LogP contribution in [0.1, 0.15) is 25.6 Å². The zero-order valence-corrected chi connectivity index (χ0v) is 21.8. The molecule has 4 aromatic rings. The second-order valence-electron chi connectivity index (χ2n) is 8.46. The van der Waals surface area contributed by atoms with E-state index >= 15 is 0 Å². The molecule has 1 saturated heterocycles. The van der Waals surface area contributed by atoms with Crippen molar-refractivity contribution in [1.82, 2.24) is 15.2 Å². The lowest BCUT2D eigenvalue weighted by molar-refractivity contribution is 0.0735. The average Bonchev–Trinajstić information content (AvgIpc) is 3.48. The van der Waals surface area contributed by atoms with Crippen LogP contribution in [0.4, 0.5) is 5.82 Å². The maximum Gasteiger partial charge on any atom is 0.266 e. The van der Waals surface area contributed by atoms with Crippen LogP contribution in [-0.2, 0) is 0 Å². The Labute approximate surface area is 230 Å². The number of hydrogen-bond donors (Lipinski definition) is 3. The molecule has 0 saturated carbocycles. The minimum absolute atomic E-state index is 0. The summed E-state index contributed by atoms with van der Waals surface area (Å²) in [6.45, 7) is 2.73. The van der Waals surface area contributed by atoms with Crippen LogP contribution in [0.2, 0.25) is 0 Å². The summed E-state index contributed by atoms with van der Waals surface area (Å²) < 4.78 is 0. The number of carbonyl (C=O) groups excluding carboxylic acids is 2. The second kappa shape index (κ2) is 11.9. The van der Waals surface area contributed by atoms with Crippen LogP contribution in [0.15, 0.2) is 72.1 Å². The highest BCUT2D eigenvalue weighted by molar-refractivity contribution is 7.12. The summed E-state index contributed by atoms with van der Waals surface area (Å²) in [5.74, 6) is -0.371. The van der Waals surface area contributed by atoms with Gasteiger partial charge in [0, 0.05) is 42.9 Å². The monoisotopic (exact) mass is 545 g/mol. The highest BCUT2D eigenvalue weighted by Crippen LogP contribution is 2.36. The Morgan fingerprint density at radius 3 is 2.53 bits per heavy atom. The predicted octanol–water partition coefficient (Wildman–Crippen LogP) is 4.77. The van der Waals surface area contributed by atoms with E-state index in [1.165, 1.54) is 11.3 Å². The number of piperazine rings is 1. The molecule has 0 unspecified atom stereocenters. The fourth-order valence-electron chi connectivity index (χ4n) is 4.25. The van der Waals surface area contributed by atoms with Crippen molar-refractivity contribution in [2.24, 2.45) is 0 Å². The number of nitriles is 1. The van der Waals surface area contributed by atoms with Gasteiger partial charge in [0.1, 0.15) is 17.4 Å². The summed E-state index contributed by atoms with van der Waals surface area (Å²) in [6, 6.07) is 21.1. The fraction of sp³-hybridized carbons (Fsp3) is 0.143. The highest BCUT2D eigenvalue weighted by atomic mass is 35.5. The largest absolute Gasteiger partial charge is 0.507 e. The van der Waals surface area contributed by atoms with E-state index in [2.05, 4.69) is 21.7 Å². The molecule has 10 heteroatoms. The molecule has 1 fully saturated rings. The lowest BCUT2D eigenvalue weighted by Crippen LogP contribution is -2.46. The number of amides is 2. The zero-order valence-electron chi connectivity index (χ0n) is 20.2. The van der Waals surface area contributed by atoms with Gasteiger partial charge in [0.25, 0.3) is 11.8 Å². The van der Waals surface area contributed by atoms with Crippen molar-refractivity contribution in [3.8, 4) is 34.2 Å². The van der Waals surface area contributed by atoms with Gasteiger partial charge in [-0.25, -0.2) is 4.98 Å². The Balaban J connectivity index is 0.00000336. The van der Waals surface area contributed by atoms with Gasteiger partial charge in [0.05, 0.1) is 10.6 Å². The first-order valence-electron chi connectivity index (χ1n) is 11.7. The fourth-order valence-corrected chi connectivity index (χ4v) is 4.87. The number of halogens is 1. The van der Waals surface area contributed by atoms with Gasteiger partial charge in [-0.15, -0.1) is 23.7 Å². The minimum atomic E-state index is -0.387. The van der Waals surface area contributed by atoms with Crippen molar-refractivity contribution in [2.75, 3.05) is 31.5 Å². The number of pyridine rings is 1. The molecule has 1 aliphatic heterocycles. The summed E-state index contributed by atoms with van der Waals surface area (Å²) in [5, 5.41) is 28.4. The van der Waals surface area contributed by atoms with Crippen molar-refractivity contribution >= 4 is 41.4 Å². The van der Waals surface area contributed by atoms with Crippen LogP contribution in [0.5, 0.6) is 5.75 Å². The van der Waals surface area contributed by atoms with Gasteiger partial charge in [0.15, 0.2) is 5.82 Å². The van der Waals surface area contributed by atoms with E-state index in [0.717, 1.165) is 13.1 Å². The van der Waals surface area contributed by atoms with Crippen LogP contribution >= 0.6 is 23.7 Å². The Morgan fingerprint density at radius 1 is 1.03 bits per heavy atom. The third kappa shape index (κ3) is 5.53. The molecule has 2 aromatic heterocycles. The smallest absolute Gasteiger partial charge is 0.266 e. The molecular formula is C28H24ClN5O3S. The van der Waals surface area contributed by atoms with Gasteiger partial charge in [-0.1, -0.05) is 30.3 Å². The van der Waals surface area contributed by atoms with Gasteiger partial charge < -0.3 is 20.6 Å². The Morgan fingerprint density at radius 2 is 1.82 bits per heavy atom. The number of phenols is 1. The van der Waals surface area contributed by atoms with Gasteiger partial charge >= 0.3 is 0 Å². The topological polar surface area (TPSA) is 118 Å². The summed E-state index contributed by atoms with van der Waals surface area (Å²) in [7, 11) is 0. The molecular weight excluding hydrogens is 522 g/mol. The SMILES string of the molecule is Cl.N#Cc1c(-c2cccc(C(=O)N3CCNCC3)c2)cc(-c2ccccc2O)nc1NC(=O)c1cccs1. The number of nitrogens with one attached hydrogen (secondary N) is 2. The first-order valence-corrected chi connectivity index (χ1v) is 12.6. The minimum Gasteiger partial charge on any atom is -0.507 e. The van der Waals surface area contributed by atoms with Crippen LogP contribution in [0.25, 0.3) is 22.4 Å². The Hall–Kier alpha value is -4.23. The molecule has 38 heavy (non-hydrogen) atoms. The number of carbonyl (C=O) groups is 2. The maximum absolute atomic E-state index is 13.1. The number of aromatic hydroxyl groups is 1. The van der Waals surface area contributed by atoms with E-state index < -0.39 is 0 Å². The molecule has 2 aromatic carbocycles. The molecule has 192 valence electrons. The highest BCUT2D eigenvalue weighted by Gasteiger charge is 2.22. The standard InChI is InChI=1S/C28H23N5O3S.ClH/c29-17-22-21(18-5-3-6-19(15-18)28(36)33-12-10-30-11-13-33)16-23(20-7-1-2-8-24(20)34)31-26(22)32-27(35)25-9-4-14-37-25;/h1-9,14-16,30,34H,10-13H2,(H,31,32,35);1H. The van der Waals surface area contributed by atoms with Gasteiger partial charge in [0.2, 0.25) is 0 Å². The van der Waals surface area contributed by atoms with E-state index in [4.69, 9.17) is 0 Å². The van der Waals surface area contributed by atoms with Crippen molar-refractivity contribution in [3.05, 3.63) is 88.1 Å². The molecule has 1 aliphatic rings. The maximum atomic E-state index is 13.1. The van der Waals surface area contributed by atoms with Crippen molar-refractivity contribution < 1.29 is 14.7 Å². The van der Waals surface area contributed by atoms with Crippen LogP contribution in [-0.4, -0.2) is 53.0 Å². The summed E-state index contributed by atoms with van der Waals surface area (Å²) in [5.41, 5.74) is 2.62. The number of phenolic OH excluding ortho intramolecular Hbond substituents is 1. The van der Waals surface area contributed by atoms with Gasteiger partial charge in [-0.05, 0) is 47.3 Å². The van der Waals surface area contributed by atoms with E-state index in [1.807, 2.05) is 6.07 Å². The Kier molecular flexibility index (Phi) is 8.38. The third-order valence-corrected chi connectivity index (χ3v) is 6.98. The normalized spacial score (nSPS) is 12.8. The first-order chi connectivity index (χ1) is 18.0. The zero-order chi connectivity index (χ0) is 25.8. The van der Waals surface area contributed by atoms with E-state index in [9.17, 15) is 20.0 Å². The molecule has 0 radical (unpaired) electrons. The van der Waals surface area contributed by atoms with Crippen LogP contribution < -0.4 is 10.6 Å². The van der Waals surface area contributed by atoms with Gasteiger partial charge in [-0.2, -0.15) is 5.26 Å². The Bertz CT molecular complexity index is 1510.